The molecule has 1 fully saturated rings. The van der Waals surface area contributed by atoms with Gasteiger partial charge in [-0.15, -0.1) is 0 Å². The highest BCUT2D eigenvalue weighted by molar-refractivity contribution is 5.37. The fraction of sp³-hybridized carbons (Fsp3) is 0.742. The lowest BCUT2D eigenvalue weighted by Gasteiger charge is -2.44. The van der Waals surface area contributed by atoms with E-state index in [2.05, 4.69) is 19.7 Å². The molecular formula is C31H52O11. The second-order valence-corrected chi connectivity index (χ2v) is 10.3. The molecule has 42 heavy (non-hydrogen) atoms. The van der Waals surface area contributed by atoms with Crippen molar-refractivity contribution in [2.75, 3.05) is 13.2 Å². The first-order valence-electron chi connectivity index (χ1n) is 15.2. The number of hydrogen-bond donors (Lipinski definition) is 0. The predicted molar refractivity (Wildman–Crippen MR) is 155 cm³/mol. The zero-order valence-corrected chi connectivity index (χ0v) is 25.8. The quantitative estimate of drug-likeness (QED) is 0.0306. The molecule has 0 amide bonds. The highest BCUT2D eigenvalue weighted by Gasteiger charge is 2.51. The van der Waals surface area contributed by atoms with E-state index in [-0.39, 0.29) is 12.0 Å². The predicted octanol–water partition coefficient (Wildman–Crippen LogP) is 6.93. The number of ether oxygens (including phenoxy) is 3. The van der Waals surface area contributed by atoms with Gasteiger partial charge in [0.2, 0.25) is 6.29 Å². The van der Waals surface area contributed by atoms with Crippen molar-refractivity contribution in [3.8, 4) is 0 Å². The number of hydrogen-bond acceptors (Lipinski definition) is 11. The summed E-state index contributed by atoms with van der Waals surface area (Å²) in [5, 5.41) is 0. The fourth-order valence-corrected chi connectivity index (χ4v) is 4.59. The van der Waals surface area contributed by atoms with Crippen LogP contribution in [0.4, 0.5) is 0 Å². The third-order valence-electron chi connectivity index (χ3n) is 6.64. The standard InChI is InChI=1S/C31H52O11/c1-7-15-24(4)37-40-29-27(18-12-14-21-35-23-33)28(19-11-10-13-20-34-22-32)36-31(42-39-26(6)17-9-3)30(29)41-38-25(5)16-8-2/h22-23,27-31H,4-21H2,1-3H3. The molecule has 0 aliphatic carbocycles. The van der Waals surface area contributed by atoms with Crippen molar-refractivity contribution in [3.05, 3.63) is 37.0 Å². The van der Waals surface area contributed by atoms with E-state index in [1.165, 1.54) is 0 Å². The summed E-state index contributed by atoms with van der Waals surface area (Å²) in [6, 6.07) is 0. The van der Waals surface area contributed by atoms with E-state index < -0.39 is 18.5 Å². The molecule has 1 heterocycles. The summed E-state index contributed by atoms with van der Waals surface area (Å²) >= 11 is 0. The Labute approximate surface area is 251 Å². The average molecular weight is 601 g/mol. The molecule has 11 heteroatoms. The molecule has 0 aromatic carbocycles. The van der Waals surface area contributed by atoms with Gasteiger partial charge in [-0.05, 0) is 57.8 Å². The van der Waals surface area contributed by atoms with Gasteiger partial charge in [-0.3, -0.25) is 9.59 Å². The molecule has 0 N–H and O–H groups in total. The number of unbranched alkanes of at least 4 members (excludes halogenated alkanes) is 3. The molecule has 5 unspecified atom stereocenters. The molecule has 5 atom stereocenters. The van der Waals surface area contributed by atoms with Crippen molar-refractivity contribution in [2.45, 2.75) is 129 Å². The molecule has 1 rings (SSSR count). The van der Waals surface area contributed by atoms with Gasteiger partial charge in [0.05, 0.1) is 19.3 Å². The summed E-state index contributed by atoms with van der Waals surface area (Å²) in [5.74, 6) is 1.16. The van der Waals surface area contributed by atoms with Crippen LogP contribution >= 0.6 is 0 Å². The van der Waals surface area contributed by atoms with Gasteiger partial charge in [-0.25, -0.2) is 0 Å². The van der Waals surface area contributed by atoms with Gasteiger partial charge < -0.3 is 28.9 Å². The molecule has 1 aliphatic heterocycles. The van der Waals surface area contributed by atoms with E-state index in [0.717, 1.165) is 44.9 Å². The summed E-state index contributed by atoms with van der Waals surface area (Å²) < 4.78 is 16.2. The highest BCUT2D eigenvalue weighted by atomic mass is 17.3. The maximum absolute atomic E-state index is 10.6. The zero-order chi connectivity index (χ0) is 31.0. The van der Waals surface area contributed by atoms with Crippen LogP contribution in [0, 0.1) is 5.92 Å². The van der Waals surface area contributed by atoms with Gasteiger partial charge in [0.25, 0.3) is 12.9 Å². The van der Waals surface area contributed by atoms with E-state index in [4.69, 9.17) is 43.5 Å². The van der Waals surface area contributed by atoms with E-state index in [1.54, 1.807) is 0 Å². The topological polar surface area (TPSA) is 117 Å². The van der Waals surface area contributed by atoms with Crippen LogP contribution in [-0.4, -0.2) is 50.8 Å². The lowest BCUT2D eigenvalue weighted by atomic mass is 9.83. The Bertz CT molecular complexity index is 772. The molecular weight excluding hydrogens is 548 g/mol. The van der Waals surface area contributed by atoms with Gasteiger partial charge in [0.15, 0.2) is 6.10 Å². The fourth-order valence-electron chi connectivity index (χ4n) is 4.59. The first kappa shape index (κ1) is 37.4. The summed E-state index contributed by atoms with van der Waals surface area (Å²) in [7, 11) is 0. The number of carbonyl (C=O) groups is 2. The van der Waals surface area contributed by atoms with E-state index in [1.807, 2.05) is 20.8 Å². The van der Waals surface area contributed by atoms with Crippen molar-refractivity contribution in [2.24, 2.45) is 5.92 Å². The maximum Gasteiger partial charge on any atom is 0.293 e. The molecule has 242 valence electrons. The van der Waals surface area contributed by atoms with Crippen LogP contribution < -0.4 is 0 Å². The van der Waals surface area contributed by atoms with Gasteiger partial charge in [0.1, 0.15) is 23.4 Å². The first-order valence-corrected chi connectivity index (χ1v) is 15.2. The number of carbonyl (C=O) groups excluding carboxylic acids is 2. The minimum atomic E-state index is -1.04. The second kappa shape index (κ2) is 23.9. The SMILES string of the molecule is C=C(CCC)OOC1OC(CCCCCOC=O)C(CCCCOC=O)C(OOC(=C)CCC)C1OOC(=C)CCC. The van der Waals surface area contributed by atoms with Gasteiger partial charge in [-0.2, -0.15) is 14.7 Å². The van der Waals surface area contributed by atoms with E-state index in [0.29, 0.717) is 82.0 Å². The molecule has 0 radical (unpaired) electrons. The Hall–Kier alpha value is -2.60. The summed E-state index contributed by atoms with van der Waals surface area (Å²) in [6.45, 7) is 19.4. The summed E-state index contributed by atoms with van der Waals surface area (Å²) in [6.07, 6.45) is 6.42. The maximum atomic E-state index is 10.6. The van der Waals surface area contributed by atoms with Crippen LogP contribution in [0.1, 0.15) is 104 Å². The highest BCUT2D eigenvalue weighted by Crippen LogP contribution is 2.38. The minimum Gasteiger partial charge on any atom is -0.468 e. The molecule has 0 aromatic heterocycles. The molecule has 1 saturated heterocycles. The van der Waals surface area contributed by atoms with Crippen molar-refractivity contribution in [3.63, 3.8) is 0 Å². The average Bonchev–Trinajstić information content (AvgIpc) is 2.97. The van der Waals surface area contributed by atoms with Crippen molar-refractivity contribution >= 4 is 12.9 Å². The van der Waals surface area contributed by atoms with Gasteiger partial charge >= 0.3 is 0 Å². The Balaban J connectivity index is 3.26. The molecule has 0 spiro atoms. The molecule has 1 aliphatic rings. The lowest BCUT2D eigenvalue weighted by molar-refractivity contribution is -0.471. The van der Waals surface area contributed by atoms with E-state index in [9.17, 15) is 9.59 Å². The summed E-state index contributed by atoms with van der Waals surface area (Å²) in [4.78, 5) is 55.5. The van der Waals surface area contributed by atoms with Crippen molar-refractivity contribution in [1.82, 2.24) is 0 Å². The molecule has 0 bridgehead atoms. The zero-order valence-electron chi connectivity index (χ0n) is 25.8. The molecule has 0 saturated carbocycles. The monoisotopic (exact) mass is 600 g/mol. The van der Waals surface area contributed by atoms with Gasteiger partial charge in [0, 0.05) is 25.2 Å². The Morgan fingerprint density at radius 3 is 1.64 bits per heavy atom. The van der Waals surface area contributed by atoms with Gasteiger partial charge in [-0.1, -0.05) is 46.9 Å². The van der Waals surface area contributed by atoms with Crippen molar-refractivity contribution in [1.29, 1.82) is 0 Å². The second-order valence-electron chi connectivity index (χ2n) is 10.3. The van der Waals surface area contributed by atoms with Crippen LogP contribution in [0.15, 0.2) is 37.0 Å². The third-order valence-corrected chi connectivity index (χ3v) is 6.64. The van der Waals surface area contributed by atoms with Crippen LogP contribution in [-0.2, 0) is 53.1 Å². The van der Waals surface area contributed by atoms with Crippen LogP contribution in [0.2, 0.25) is 0 Å². The Morgan fingerprint density at radius 2 is 1.12 bits per heavy atom. The van der Waals surface area contributed by atoms with Crippen LogP contribution in [0.3, 0.4) is 0 Å². The smallest absolute Gasteiger partial charge is 0.293 e. The Morgan fingerprint density at radius 1 is 0.643 bits per heavy atom. The Kier molecular flexibility index (Phi) is 21.3. The van der Waals surface area contributed by atoms with E-state index >= 15 is 0 Å². The van der Waals surface area contributed by atoms with Crippen LogP contribution in [0.5, 0.6) is 0 Å². The first-order chi connectivity index (χ1) is 20.4. The largest absolute Gasteiger partial charge is 0.468 e. The lowest BCUT2D eigenvalue weighted by Crippen LogP contribution is -2.57. The summed E-state index contributed by atoms with van der Waals surface area (Å²) in [5.41, 5.74) is 0. The third kappa shape index (κ3) is 15.6. The number of rotatable bonds is 28. The minimum absolute atomic E-state index is 0.214. The number of allylic oxidation sites excluding steroid dienone is 3. The van der Waals surface area contributed by atoms with Crippen LogP contribution in [0.25, 0.3) is 0 Å². The molecule has 0 aromatic rings. The molecule has 11 nitrogen and oxygen atoms in total. The normalized spacial score (nSPS) is 21.6. The van der Waals surface area contributed by atoms with Crippen molar-refractivity contribution < 1.29 is 53.1 Å².